The summed E-state index contributed by atoms with van der Waals surface area (Å²) >= 11 is 6.69. The minimum Gasteiger partial charge on any atom is -0.383 e. The van der Waals surface area contributed by atoms with E-state index in [-0.39, 0.29) is 11.2 Å². The van der Waals surface area contributed by atoms with Gasteiger partial charge in [0, 0.05) is 36.1 Å². The lowest BCUT2D eigenvalue weighted by Crippen LogP contribution is -2.45. The Bertz CT molecular complexity index is 1410. The van der Waals surface area contributed by atoms with Gasteiger partial charge >= 0.3 is 0 Å². The largest absolute Gasteiger partial charge is 0.383 e. The number of nitriles is 1. The van der Waals surface area contributed by atoms with Crippen LogP contribution in [0.2, 0.25) is 5.02 Å². The van der Waals surface area contributed by atoms with Crippen LogP contribution in [0.25, 0.3) is 10.9 Å². The quantitative estimate of drug-likeness (QED) is 0.325. The Morgan fingerprint density at radius 1 is 1.24 bits per heavy atom. The highest BCUT2D eigenvalue weighted by molar-refractivity contribution is 6.36. The second kappa shape index (κ2) is 9.44. The van der Waals surface area contributed by atoms with E-state index in [9.17, 15) is 9.65 Å². The Balaban J connectivity index is 1.60. The third-order valence-corrected chi connectivity index (χ3v) is 6.72. The fourth-order valence-electron chi connectivity index (χ4n) is 4.27. The van der Waals surface area contributed by atoms with Gasteiger partial charge in [-0.3, -0.25) is 9.99 Å². The van der Waals surface area contributed by atoms with Crippen molar-refractivity contribution in [1.82, 2.24) is 21.0 Å². The summed E-state index contributed by atoms with van der Waals surface area (Å²) in [6, 6.07) is 12.3. The molecule has 0 amide bonds. The molecule has 2 heterocycles. The zero-order valence-electron chi connectivity index (χ0n) is 21.0. The smallest absolute Gasteiger partial charge is 0.123 e. The number of nitrogens with zero attached hydrogens (tertiary/aromatic N) is 3. The average Bonchev–Trinajstić information content (AvgIpc) is 3.58. The number of halogens is 2. The first kappa shape index (κ1) is 25.2. The number of hydrogen-bond acceptors (Lipinski definition) is 7. The molecule has 2 aliphatic rings. The molecule has 1 aliphatic heterocycles. The molecule has 2 radical (unpaired) electrons. The van der Waals surface area contributed by atoms with E-state index >= 15 is 0 Å². The summed E-state index contributed by atoms with van der Waals surface area (Å²) in [5.41, 5.74) is 8.66. The molecule has 0 bridgehead atoms. The number of aromatic nitrogens is 1. The third kappa shape index (κ3) is 5.18. The van der Waals surface area contributed by atoms with Crippen LogP contribution in [-0.2, 0) is 5.44 Å². The Hall–Kier alpha value is -3.48. The molecule has 1 aromatic heterocycles. The molecule has 37 heavy (non-hydrogen) atoms. The monoisotopic (exact) mass is 515 g/mol. The summed E-state index contributed by atoms with van der Waals surface area (Å²) in [6.45, 7) is 6.98. The molecule has 7 nitrogen and oxygen atoms in total. The van der Waals surface area contributed by atoms with Gasteiger partial charge in [0.25, 0.3) is 0 Å². The molecule has 1 unspecified atom stereocenters. The lowest BCUT2D eigenvalue weighted by Gasteiger charge is -2.34. The number of pyridine rings is 1. The van der Waals surface area contributed by atoms with Crippen molar-refractivity contribution in [3.63, 3.8) is 0 Å². The fourth-order valence-corrected chi connectivity index (χ4v) is 4.54. The predicted molar refractivity (Wildman–Crippen MR) is 146 cm³/mol. The maximum atomic E-state index is 13.8. The Kier molecular flexibility index (Phi) is 6.42. The maximum absolute atomic E-state index is 13.8. The van der Waals surface area contributed by atoms with E-state index in [1.165, 1.54) is 18.3 Å². The number of nitrogens with one attached hydrogen (secondary N) is 4. The minimum atomic E-state index is -1.25. The number of hydrogen-bond donors (Lipinski definition) is 4. The highest BCUT2D eigenvalue weighted by atomic mass is 35.5. The number of rotatable bonds is 7. The van der Waals surface area contributed by atoms with E-state index in [0.717, 1.165) is 12.8 Å². The van der Waals surface area contributed by atoms with Crippen molar-refractivity contribution in [2.45, 2.75) is 45.1 Å². The summed E-state index contributed by atoms with van der Waals surface area (Å²) in [5, 5.41) is 19.7. The van der Waals surface area contributed by atoms with Crippen molar-refractivity contribution < 1.29 is 4.39 Å². The molecule has 1 saturated carbocycles. The minimum absolute atomic E-state index is 0.0159. The molecule has 4 N–H and O–H groups in total. The van der Waals surface area contributed by atoms with Crippen LogP contribution in [0, 0.1) is 22.6 Å². The predicted octanol–water partition coefficient (Wildman–Crippen LogP) is 5.12. The van der Waals surface area contributed by atoms with Crippen LogP contribution in [0.15, 0.2) is 54.5 Å². The van der Waals surface area contributed by atoms with Gasteiger partial charge in [0.15, 0.2) is 0 Å². The number of anilines is 2. The van der Waals surface area contributed by atoms with Gasteiger partial charge < -0.3 is 16.1 Å². The highest BCUT2D eigenvalue weighted by Crippen LogP contribution is 2.38. The van der Waals surface area contributed by atoms with E-state index in [4.69, 9.17) is 19.4 Å². The zero-order chi connectivity index (χ0) is 26.4. The molecule has 1 aliphatic carbocycles. The number of hydrazine groups is 2. The van der Waals surface area contributed by atoms with Gasteiger partial charge in [0.1, 0.15) is 19.7 Å². The molecular formula is C27H28BClFN7. The molecule has 0 spiro atoms. The van der Waals surface area contributed by atoms with Crippen molar-refractivity contribution in [3.8, 4) is 6.07 Å². The Labute approximate surface area is 222 Å². The van der Waals surface area contributed by atoms with Crippen LogP contribution in [0.1, 0.15) is 44.7 Å². The molecule has 188 valence electrons. The van der Waals surface area contributed by atoms with Gasteiger partial charge in [0.2, 0.25) is 0 Å². The molecule has 1 atom stereocenters. The van der Waals surface area contributed by atoms with Crippen LogP contribution in [0.4, 0.5) is 15.8 Å². The first-order valence-corrected chi connectivity index (χ1v) is 12.6. The molecule has 10 heteroatoms. The van der Waals surface area contributed by atoms with Gasteiger partial charge in [-0.1, -0.05) is 44.5 Å². The van der Waals surface area contributed by atoms with E-state index in [0.29, 0.717) is 56.7 Å². The fraction of sp³-hybridized carbons (Fsp3) is 0.333. The molecule has 1 fully saturated rings. The van der Waals surface area contributed by atoms with Gasteiger partial charge in [-0.25, -0.2) is 4.39 Å². The molecule has 0 saturated heterocycles. The first-order valence-electron chi connectivity index (χ1n) is 12.2. The van der Waals surface area contributed by atoms with Gasteiger partial charge in [-0.05, 0) is 48.1 Å². The molecule has 3 aromatic rings. The lowest BCUT2D eigenvalue weighted by molar-refractivity contribution is 0.260. The van der Waals surface area contributed by atoms with E-state index in [1.54, 1.807) is 18.2 Å². The topological polar surface area (TPSA) is 88.0 Å². The first-order chi connectivity index (χ1) is 17.6. The standard InChI is InChI=1S/C27H28BClFN7/c1-26(2,3)15-33-24-16(12-31)13-32-25-21(24)10-19(11-22(25)29)34-27(28,17-4-6-18(30)7-5-17)23-14-37(36-35-23)20-8-9-20/h4-7,10-11,13-14,20,34-36H,8-9,15H2,1-3H3,(H,32,33). The van der Waals surface area contributed by atoms with E-state index in [2.05, 4.69) is 53.4 Å². The number of fused-ring (bicyclic) bond motifs is 1. The second-order valence-electron chi connectivity index (χ2n) is 10.8. The van der Waals surface area contributed by atoms with E-state index in [1.807, 2.05) is 17.3 Å². The SMILES string of the molecule is [B]C(Nc1cc(Cl)c2ncc(C#N)c(NCC(C)(C)C)c2c1)(C1=CN(C2CC2)NN1)c1ccc(F)cc1. The summed E-state index contributed by atoms with van der Waals surface area (Å²) < 4.78 is 13.8. The number of benzene rings is 2. The van der Waals surface area contributed by atoms with Crippen molar-refractivity contribution in [1.29, 1.82) is 5.26 Å². The summed E-state index contributed by atoms with van der Waals surface area (Å²) in [4.78, 5) is 4.44. The van der Waals surface area contributed by atoms with E-state index < -0.39 is 5.44 Å². The third-order valence-electron chi connectivity index (χ3n) is 6.43. The molecule has 5 rings (SSSR count). The average molecular weight is 516 g/mol. The highest BCUT2D eigenvalue weighted by Gasteiger charge is 2.37. The van der Waals surface area contributed by atoms with Crippen LogP contribution in [-0.4, -0.2) is 30.4 Å². The van der Waals surface area contributed by atoms with Crippen LogP contribution in [0.3, 0.4) is 0 Å². The van der Waals surface area contributed by atoms with Crippen molar-refractivity contribution >= 4 is 41.7 Å². The van der Waals surface area contributed by atoms with Crippen LogP contribution >= 0.6 is 11.6 Å². The Morgan fingerprint density at radius 2 is 1.97 bits per heavy atom. The molecule has 2 aromatic carbocycles. The lowest BCUT2D eigenvalue weighted by atomic mass is 9.69. The van der Waals surface area contributed by atoms with Gasteiger partial charge in [-0.15, -0.1) is 5.53 Å². The summed E-state index contributed by atoms with van der Waals surface area (Å²) in [7, 11) is 7.04. The van der Waals surface area contributed by atoms with Crippen LogP contribution < -0.4 is 21.6 Å². The van der Waals surface area contributed by atoms with Gasteiger partial charge in [-0.2, -0.15) is 5.26 Å². The summed E-state index contributed by atoms with van der Waals surface area (Å²) in [5.74, 6) is -0.351. The second-order valence-corrected chi connectivity index (χ2v) is 11.2. The summed E-state index contributed by atoms with van der Waals surface area (Å²) in [6.07, 6.45) is 5.66. The zero-order valence-corrected chi connectivity index (χ0v) is 21.7. The maximum Gasteiger partial charge on any atom is 0.123 e. The van der Waals surface area contributed by atoms with Crippen molar-refractivity contribution in [3.05, 3.63) is 76.5 Å². The Morgan fingerprint density at radius 3 is 2.62 bits per heavy atom. The normalized spacial score (nSPS) is 17.1. The van der Waals surface area contributed by atoms with Crippen molar-refractivity contribution in [2.75, 3.05) is 17.2 Å². The van der Waals surface area contributed by atoms with Crippen LogP contribution in [0.5, 0.6) is 0 Å². The molecular weight excluding hydrogens is 488 g/mol. The van der Waals surface area contributed by atoms with Crippen molar-refractivity contribution in [2.24, 2.45) is 5.41 Å². The van der Waals surface area contributed by atoms with Gasteiger partial charge in [0.05, 0.1) is 32.9 Å².